The number of ether oxygens (including phenoxy) is 1. The number of rotatable bonds is 5. The summed E-state index contributed by atoms with van der Waals surface area (Å²) in [6, 6.07) is 3.81. The van der Waals surface area contributed by atoms with Gasteiger partial charge in [0.25, 0.3) is 0 Å². The molecular formula is C15H22N2O3. The molecular weight excluding hydrogens is 256 g/mol. The molecule has 20 heavy (non-hydrogen) atoms. The Morgan fingerprint density at radius 1 is 1.55 bits per heavy atom. The number of carbonyl (C=O) groups is 1. The third-order valence-electron chi connectivity index (χ3n) is 4.16. The molecule has 5 heteroatoms. The van der Waals surface area contributed by atoms with Gasteiger partial charge in [0.05, 0.1) is 18.2 Å². The zero-order chi connectivity index (χ0) is 14.8. The maximum absolute atomic E-state index is 11.4. The van der Waals surface area contributed by atoms with Crippen molar-refractivity contribution in [2.75, 3.05) is 20.2 Å². The minimum atomic E-state index is -0.683. The Bertz CT molecular complexity index is 504. The molecule has 1 atom stereocenters. The molecule has 1 unspecified atom stereocenters. The first-order chi connectivity index (χ1) is 9.49. The van der Waals surface area contributed by atoms with Crippen LogP contribution in [0, 0.1) is 12.3 Å². The molecule has 0 radical (unpaired) electrons. The quantitative estimate of drug-likeness (QED) is 0.893. The van der Waals surface area contributed by atoms with Crippen LogP contribution in [0.15, 0.2) is 12.1 Å². The number of carboxylic acids is 1. The van der Waals surface area contributed by atoms with Crippen LogP contribution >= 0.6 is 0 Å². The van der Waals surface area contributed by atoms with E-state index in [2.05, 4.69) is 9.88 Å². The van der Waals surface area contributed by atoms with Crippen LogP contribution < -0.4 is 4.74 Å². The molecule has 0 saturated carbocycles. The van der Waals surface area contributed by atoms with Crippen molar-refractivity contribution in [1.82, 2.24) is 9.88 Å². The Morgan fingerprint density at radius 3 is 2.85 bits per heavy atom. The fourth-order valence-corrected chi connectivity index (χ4v) is 2.84. The molecule has 2 rings (SSSR count). The van der Waals surface area contributed by atoms with Crippen molar-refractivity contribution >= 4 is 5.97 Å². The normalized spacial score (nSPS) is 22.9. The van der Waals surface area contributed by atoms with E-state index in [0.717, 1.165) is 23.7 Å². The van der Waals surface area contributed by atoms with Gasteiger partial charge in [0.1, 0.15) is 5.75 Å². The van der Waals surface area contributed by atoms with E-state index in [1.54, 1.807) is 7.11 Å². The fraction of sp³-hybridized carbons (Fsp3) is 0.600. The summed E-state index contributed by atoms with van der Waals surface area (Å²) >= 11 is 0. The van der Waals surface area contributed by atoms with Crippen molar-refractivity contribution in [2.45, 2.75) is 33.2 Å². The molecule has 0 aliphatic carbocycles. The van der Waals surface area contributed by atoms with Crippen LogP contribution in [0.1, 0.15) is 31.2 Å². The summed E-state index contributed by atoms with van der Waals surface area (Å²) in [7, 11) is 1.64. The van der Waals surface area contributed by atoms with Gasteiger partial charge < -0.3 is 9.84 Å². The van der Waals surface area contributed by atoms with E-state index in [0.29, 0.717) is 25.9 Å². The molecule has 1 saturated heterocycles. The lowest BCUT2D eigenvalue weighted by Gasteiger charge is -2.23. The number of nitrogens with zero attached hydrogens (tertiary/aromatic N) is 2. The summed E-state index contributed by atoms with van der Waals surface area (Å²) in [6.45, 7) is 5.96. The van der Waals surface area contributed by atoms with Gasteiger partial charge in [-0.2, -0.15) is 0 Å². The van der Waals surface area contributed by atoms with Gasteiger partial charge in [0.2, 0.25) is 0 Å². The summed E-state index contributed by atoms with van der Waals surface area (Å²) < 4.78 is 5.25. The van der Waals surface area contributed by atoms with Crippen molar-refractivity contribution < 1.29 is 14.6 Å². The van der Waals surface area contributed by atoms with Gasteiger partial charge in [-0.05, 0) is 26.3 Å². The molecule has 1 aromatic heterocycles. The van der Waals surface area contributed by atoms with Crippen LogP contribution in [0.4, 0.5) is 0 Å². The summed E-state index contributed by atoms with van der Waals surface area (Å²) in [6.07, 6.45) is 1.38. The van der Waals surface area contributed by atoms with Gasteiger partial charge >= 0.3 is 5.97 Å². The van der Waals surface area contributed by atoms with E-state index in [1.807, 2.05) is 26.0 Å². The third-order valence-corrected chi connectivity index (χ3v) is 4.16. The van der Waals surface area contributed by atoms with Gasteiger partial charge in [-0.15, -0.1) is 0 Å². The predicted octanol–water partition coefficient (Wildman–Crippen LogP) is 2.09. The lowest BCUT2D eigenvalue weighted by molar-refractivity contribution is -0.148. The number of likely N-dealkylation sites (tertiary alicyclic amines) is 1. The Balaban J connectivity index is 2.09. The number of aromatic nitrogens is 1. The van der Waals surface area contributed by atoms with Crippen molar-refractivity contribution in [3.8, 4) is 5.75 Å². The molecule has 1 aliphatic rings. The lowest BCUT2D eigenvalue weighted by Crippen LogP contribution is -2.34. The van der Waals surface area contributed by atoms with Crippen LogP contribution in [0.5, 0.6) is 5.75 Å². The number of aliphatic carboxylic acids is 1. The van der Waals surface area contributed by atoms with Crippen molar-refractivity contribution in [3.63, 3.8) is 0 Å². The molecule has 2 heterocycles. The molecule has 1 N–H and O–H groups in total. The van der Waals surface area contributed by atoms with E-state index < -0.39 is 11.4 Å². The fourth-order valence-electron chi connectivity index (χ4n) is 2.84. The second kappa shape index (κ2) is 5.79. The monoisotopic (exact) mass is 278 g/mol. The zero-order valence-electron chi connectivity index (χ0n) is 12.3. The maximum atomic E-state index is 11.4. The lowest BCUT2D eigenvalue weighted by atomic mass is 9.84. The number of methoxy groups -OCH3 is 1. The van der Waals surface area contributed by atoms with E-state index in [-0.39, 0.29) is 0 Å². The maximum Gasteiger partial charge on any atom is 0.310 e. The second-order valence-electron chi connectivity index (χ2n) is 5.54. The minimum Gasteiger partial charge on any atom is -0.497 e. The van der Waals surface area contributed by atoms with E-state index in [1.165, 1.54) is 0 Å². The topological polar surface area (TPSA) is 62.7 Å². The van der Waals surface area contributed by atoms with Gasteiger partial charge in [-0.25, -0.2) is 0 Å². The highest BCUT2D eigenvalue weighted by molar-refractivity contribution is 5.75. The number of hydrogen-bond acceptors (Lipinski definition) is 4. The van der Waals surface area contributed by atoms with Gasteiger partial charge in [0.15, 0.2) is 0 Å². The Labute approximate surface area is 119 Å². The SMILES string of the molecule is CCC1(C(=O)O)CCN(Cc2cc(OC)cc(C)n2)C1. The highest BCUT2D eigenvalue weighted by atomic mass is 16.5. The number of carboxylic acid groups (broad SMARTS) is 1. The largest absolute Gasteiger partial charge is 0.497 e. The van der Waals surface area contributed by atoms with E-state index >= 15 is 0 Å². The number of hydrogen-bond donors (Lipinski definition) is 1. The zero-order valence-corrected chi connectivity index (χ0v) is 12.3. The van der Waals surface area contributed by atoms with Crippen LogP contribution in [-0.2, 0) is 11.3 Å². The Morgan fingerprint density at radius 2 is 2.30 bits per heavy atom. The third kappa shape index (κ3) is 2.93. The van der Waals surface area contributed by atoms with Crippen molar-refractivity contribution in [3.05, 3.63) is 23.5 Å². The van der Waals surface area contributed by atoms with Crippen LogP contribution in [-0.4, -0.2) is 41.2 Å². The summed E-state index contributed by atoms with van der Waals surface area (Å²) in [5, 5.41) is 9.41. The molecule has 0 amide bonds. The first-order valence-corrected chi connectivity index (χ1v) is 6.96. The molecule has 110 valence electrons. The number of aryl methyl sites for hydroxylation is 1. The Hall–Kier alpha value is -1.62. The smallest absolute Gasteiger partial charge is 0.310 e. The van der Waals surface area contributed by atoms with Crippen LogP contribution in [0.25, 0.3) is 0 Å². The second-order valence-corrected chi connectivity index (χ2v) is 5.54. The van der Waals surface area contributed by atoms with Gasteiger partial charge in [0, 0.05) is 30.9 Å². The van der Waals surface area contributed by atoms with Crippen LogP contribution in [0.3, 0.4) is 0 Å². The first kappa shape index (κ1) is 14.8. The highest BCUT2D eigenvalue weighted by Crippen LogP contribution is 2.34. The summed E-state index contributed by atoms with van der Waals surface area (Å²) in [4.78, 5) is 18.1. The molecule has 0 bridgehead atoms. The molecule has 1 aromatic rings. The molecule has 0 aromatic carbocycles. The van der Waals surface area contributed by atoms with Crippen molar-refractivity contribution in [1.29, 1.82) is 0 Å². The van der Waals surface area contributed by atoms with Gasteiger partial charge in [-0.1, -0.05) is 6.92 Å². The standard InChI is InChI=1S/C15H22N2O3/c1-4-15(14(18)19)5-6-17(10-15)9-12-8-13(20-3)7-11(2)16-12/h7-8H,4-6,9-10H2,1-3H3,(H,18,19). The number of pyridine rings is 1. The molecule has 0 spiro atoms. The Kier molecular flexibility index (Phi) is 4.28. The summed E-state index contributed by atoms with van der Waals surface area (Å²) in [5.41, 5.74) is 1.26. The van der Waals surface area contributed by atoms with E-state index in [4.69, 9.17) is 4.74 Å². The predicted molar refractivity (Wildman–Crippen MR) is 75.8 cm³/mol. The van der Waals surface area contributed by atoms with Crippen molar-refractivity contribution in [2.24, 2.45) is 5.41 Å². The van der Waals surface area contributed by atoms with Gasteiger partial charge in [-0.3, -0.25) is 14.7 Å². The molecule has 1 aliphatic heterocycles. The van der Waals surface area contributed by atoms with Crippen LogP contribution in [0.2, 0.25) is 0 Å². The minimum absolute atomic E-state index is 0.589. The molecule has 1 fully saturated rings. The average Bonchev–Trinajstić information content (AvgIpc) is 2.82. The summed E-state index contributed by atoms with van der Waals surface area (Å²) in [5.74, 6) is 0.115. The van der Waals surface area contributed by atoms with E-state index in [9.17, 15) is 9.90 Å². The molecule has 5 nitrogen and oxygen atoms in total. The highest BCUT2D eigenvalue weighted by Gasteiger charge is 2.43. The first-order valence-electron chi connectivity index (χ1n) is 6.96. The average molecular weight is 278 g/mol.